The third kappa shape index (κ3) is 10.1. The van der Waals surface area contributed by atoms with Crippen molar-refractivity contribution in [3.63, 3.8) is 0 Å². The Balaban J connectivity index is 0.00000625. The summed E-state index contributed by atoms with van der Waals surface area (Å²) in [6, 6.07) is 18.4. The first kappa shape index (κ1) is 37.7. The number of nitrogens with zero attached hydrogens (tertiary/aromatic N) is 3. The van der Waals surface area contributed by atoms with Gasteiger partial charge >= 0.3 is 11.9 Å². The number of pyridine rings is 1. The highest BCUT2D eigenvalue weighted by molar-refractivity contribution is 6.00. The van der Waals surface area contributed by atoms with Gasteiger partial charge in [0.25, 0.3) is 5.69 Å². The molecule has 0 spiro atoms. The standard InChI is InChI=1S/C37H42N4O6.ClH/c1-24(2)47-37(43)34-27(5)39-26(4)33(35(34)31-10-7-11-32(21-31)41(44)45)36(42)46-18-17-40(6)23-25(3)19-28-12-14-29(15-13-28)20-30-9-8-16-38-22-30;/h7-16,19,21-22,24,35,39H,17-18,20,23H2,1-6H3;1H/b25-19+;. The molecule has 0 saturated heterocycles. The number of carbonyl (C=O) groups excluding carboxylic acids is 2. The Labute approximate surface area is 288 Å². The fourth-order valence-electron chi connectivity index (χ4n) is 5.64. The van der Waals surface area contributed by atoms with Crippen molar-refractivity contribution in [1.29, 1.82) is 0 Å². The van der Waals surface area contributed by atoms with Crippen LogP contribution in [0.3, 0.4) is 0 Å². The predicted octanol–water partition coefficient (Wildman–Crippen LogP) is 6.77. The fraction of sp³-hybridized carbons (Fsp3) is 0.324. The van der Waals surface area contributed by atoms with E-state index in [1.165, 1.54) is 29.3 Å². The highest BCUT2D eigenvalue weighted by Gasteiger charge is 2.38. The first-order valence-electron chi connectivity index (χ1n) is 15.6. The number of esters is 2. The number of benzene rings is 2. The molecule has 1 atom stereocenters. The molecule has 0 bridgehead atoms. The van der Waals surface area contributed by atoms with E-state index in [0.717, 1.165) is 17.6 Å². The fourth-order valence-corrected chi connectivity index (χ4v) is 5.64. The number of halogens is 1. The minimum atomic E-state index is -0.909. The van der Waals surface area contributed by atoms with Crippen molar-refractivity contribution in [2.24, 2.45) is 0 Å². The normalized spacial score (nSPS) is 14.8. The molecule has 0 radical (unpaired) electrons. The third-order valence-electron chi connectivity index (χ3n) is 7.71. The molecular formula is C37H43ClN4O6. The summed E-state index contributed by atoms with van der Waals surface area (Å²) in [6.07, 6.45) is 6.21. The van der Waals surface area contributed by atoms with Gasteiger partial charge in [-0.15, -0.1) is 12.4 Å². The van der Waals surface area contributed by atoms with Crippen molar-refractivity contribution < 1.29 is 24.0 Å². The van der Waals surface area contributed by atoms with Crippen LogP contribution in [0.15, 0.2) is 101 Å². The summed E-state index contributed by atoms with van der Waals surface area (Å²) in [5.41, 5.74) is 6.33. The van der Waals surface area contributed by atoms with Crippen LogP contribution in [0.25, 0.3) is 6.08 Å². The zero-order valence-corrected chi connectivity index (χ0v) is 29.0. The second kappa shape index (κ2) is 17.4. The Hall–Kier alpha value is -4.80. The summed E-state index contributed by atoms with van der Waals surface area (Å²) < 4.78 is 11.3. The lowest BCUT2D eigenvalue weighted by molar-refractivity contribution is -0.384. The van der Waals surface area contributed by atoms with E-state index in [9.17, 15) is 19.7 Å². The van der Waals surface area contributed by atoms with Crippen molar-refractivity contribution in [3.8, 4) is 0 Å². The quantitative estimate of drug-likeness (QED) is 0.119. The van der Waals surface area contributed by atoms with Crippen LogP contribution in [0.1, 0.15) is 62.8 Å². The number of allylic oxidation sites excluding steroid dienone is 2. The molecule has 0 amide bonds. The van der Waals surface area contributed by atoms with Crippen LogP contribution < -0.4 is 5.32 Å². The Morgan fingerprint density at radius 1 is 1.02 bits per heavy atom. The molecule has 1 aliphatic heterocycles. The van der Waals surface area contributed by atoms with Crippen molar-refractivity contribution in [2.45, 2.75) is 53.1 Å². The number of hydrogen-bond acceptors (Lipinski definition) is 9. The Kier molecular flexibility index (Phi) is 13.6. The molecule has 2 aromatic carbocycles. The molecule has 4 rings (SSSR count). The molecule has 3 aromatic rings. The summed E-state index contributed by atoms with van der Waals surface area (Å²) in [4.78, 5) is 44.2. The van der Waals surface area contributed by atoms with Gasteiger partial charge in [0.05, 0.1) is 28.1 Å². The Morgan fingerprint density at radius 2 is 1.71 bits per heavy atom. The van der Waals surface area contributed by atoms with E-state index in [-0.39, 0.29) is 35.8 Å². The number of carbonyl (C=O) groups is 2. The molecule has 2 heterocycles. The van der Waals surface area contributed by atoms with Gasteiger partial charge in [-0.2, -0.15) is 0 Å². The van der Waals surface area contributed by atoms with Gasteiger partial charge in [-0.1, -0.05) is 54.1 Å². The van der Waals surface area contributed by atoms with Crippen molar-refractivity contribution >= 4 is 36.1 Å². The minimum Gasteiger partial charge on any atom is -0.461 e. The van der Waals surface area contributed by atoms with Crippen molar-refractivity contribution in [3.05, 3.63) is 134 Å². The number of ether oxygens (including phenoxy) is 2. The molecule has 48 heavy (non-hydrogen) atoms. The van der Waals surface area contributed by atoms with E-state index in [1.807, 2.05) is 19.3 Å². The minimum absolute atomic E-state index is 0. The number of hydrogen-bond donors (Lipinski definition) is 1. The van der Waals surface area contributed by atoms with Gasteiger partial charge in [-0.25, -0.2) is 9.59 Å². The van der Waals surface area contributed by atoms with Gasteiger partial charge in [0.1, 0.15) is 6.61 Å². The zero-order chi connectivity index (χ0) is 34.1. The van der Waals surface area contributed by atoms with Crippen molar-refractivity contribution in [1.82, 2.24) is 15.2 Å². The third-order valence-corrected chi connectivity index (χ3v) is 7.71. The molecule has 0 saturated carbocycles. The molecule has 0 aliphatic carbocycles. The second-order valence-corrected chi connectivity index (χ2v) is 12.1. The van der Waals surface area contributed by atoms with E-state index >= 15 is 0 Å². The zero-order valence-electron chi connectivity index (χ0n) is 28.2. The van der Waals surface area contributed by atoms with Crippen LogP contribution in [0.5, 0.6) is 0 Å². The average Bonchev–Trinajstić information content (AvgIpc) is 3.01. The number of rotatable bonds is 13. The van der Waals surface area contributed by atoms with Crippen LogP contribution >= 0.6 is 12.4 Å². The van der Waals surface area contributed by atoms with Gasteiger partial charge in [0, 0.05) is 49.0 Å². The van der Waals surface area contributed by atoms with Crippen LogP contribution in [-0.4, -0.2) is 59.6 Å². The lowest BCUT2D eigenvalue weighted by Crippen LogP contribution is -2.34. The smallest absolute Gasteiger partial charge is 0.337 e. The Bertz CT molecular complexity index is 1700. The van der Waals surface area contributed by atoms with E-state index < -0.39 is 28.9 Å². The monoisotopic (exact) mass is 674 g/mol. The van der Waals surface area contributed by atoms with Crippen LogP contribution in [0.2, 0.25) is 0 Å². The summed E-state index contributed by atoms with van der Waals surface area (Å²) in [5, 5.41) is 14.7. The van der Waals surface area contributed by atoms with E-state index in [2.05, 4.69) is 58.5 Å². The summed E-state index contributed by atoms with van der Waals surface area (Å²) in [5.74, 6) is -2.13. The molecule has 11 heteroatoms. The van der Waals surface area contributed by atoms with Gasteiger partial charge in [-0.3, -0.25) is 20.0 Å². The largest absolute Gasteiger partial charge is 0.461 e. The van der Waals surface area contributed by atoms with Gasteiger partial charge in [-0.05, 0) is 76.4 Å². The van der Waals surface area contributed by atoms with Gasteiger partial charge in [0.2, 0.25) is 0 Å². The molecule has 1 aliphatic rings. The molecule has 10 nitrogen and oxygen atoms in total. The maximum atomic E-state index is 13.6. The number of nitro benzene ring substituents is 1. The summed E-state index contributed by atoms with van der Waals surface area (Å²) in [7, 11) is 1.95. The molecule has 1 aromatic heterocycles. The first-order chi connectivity index (χ1) is 22.4. The van der Waals surface area contributed by atoms with Crippen LogP contribution in [0, 0.1) is 10.1 Å². The highest BCUT2D eigenvalue weighted by atomic mass is 35.5. The number of nitro groups is 1. The molecule has 0 fully saturated rings. The first-order valence-corrected chi connectivity index (χ1v) is 15.6. The van der Waals surface area contributed by atoms with E-state index in [4.69, 9.17) is 9.47 Å². The summed E-state index contributed by atoms with van der Waals surface area (Å²) in [6.45, 7) is 10.2. The number of dihydropyridines is 1. The number of likely N-dealkylation sites (N-methyl/N-ethyl adjacent to an activating group) is 1. The number of nitrogens with one attached hydrogen (secondary N) is 1. The van der Waals surface area contributed by atoms with Crippen molar-refractivity contribution in [2.75, 3.05) is 26.7 Å². The molecule has 1 N–H and O–H groups in total. The van der Waals surface area contributed by atoms with E-state index in [1.54, 1.807) is 40.0 Å². The van der Waals surface area contributed by atoms with Gasteiger partial charge in [0.15, 0.2) is 0 Å². The maximum absolute atomic E-state index is 13.6. The number of aromatic nitrogens is 1. The highest BCUT2D eigenvalue weighted by Crippen LogP contribution is 2.40. The Morgan fingerprint density at radius 3 is 2.33 bits per heavy atom. The topological polar surface area (TPSA) is 124 Å². The van der Waals surface area contributed by atoms with Gasteiger partial charge < -0.3 is 14.8 Å². The van der Waals surface area contributed by atoms with E-state index in [0.29, 0.717) is 30.0 Å². The average molecular weight is 675 g/mol. The van der Waals surface area contributed by atoms with Crippen LogP contribution in [0.4, 0.5) is 5.69 Å². The second-order valence-electron chi connectivity index (χ2n) is 12.1. The predicted molar refractivity (Wildman–Crippen MR) is 188 cm³/mol. The molecule has 254 valence electrons. The SMILES string of the molecule is CC1=C(C(=O)OCCN(C)C/C(C)=C/c2ccc(Cc3cccnc3)cc2)C(c2cccc([N+](=O)[O-])c2)C(C(=O)OC(C)C)=C(C)N1.Cl. The molecular weight excluding hydrogens is 632 g/mol. The number of non-ortho nitro benzene ring substituents is 1. The van der Waals surface area contributed by atoms with Crippen LogP contribution in [-0.2, 0) is 25.5 Å². The lowest BCUT2D eigenvalue weighted by Gasteiger charge is -2.31. The molecule has 1 unspecified atom stereocenters. The maximum Gasteiger partial charge on any atom is 0.337 e. The lowest BCUT2D eigenvalue weighted by atomic mass is 9.80. The summed E-state index contributed by atoms with van der Waals surface area (Å²) >= 11 is 0.